The van der Waals surface area contributed by atoms with Crippen LogP contribution < -0.4 is 10.6 Å². The Kier molecular flexibility index (Phi) is 5.34. The highest BCUT2D eigenvalue weighted by molar-refractivity contribution is 5.90. The van der Waals surface area contributed by atoms with E-state index in [0.29, 0.717) is 12.3 Å². The van der Waals surface area contributed by atoms with Crippen LogP contribution >= 0.6 is 0 Å². The predicted octanol–water partition coefficient (Wildman–Crippen LogP) is 3.62. The number of benzene rings is 1. The first-order valence-corrected chi connectivity index (χ1v) is 9.40. The van der Waals surface area contributed by atoms with Gasteiger partial charge in [0.1, 0.15) is 0 Å². The van der Waals surface area contributed by atoms with Crippen LogP contribution in [0.3, 0.4) is 0 Å². The number of carbonyl (C=O) groups is 1. The second kappa shape index (κ2) is 8.22. The van der Waals surface area contributed by atoms with Gasteiger partial charge in [0.15, 0.2) is 0 Å². The molecule has 2 unspecified atom stereocenters. The summed E-state index contributed by atoms with van der Waals surface area (Å²) in [7, 11) is 0. The Morgan fingerprint density at radius 1 is 1.18 bits per heavy atom. The van der Waals surface area contributed by atoms with Gasteiger partial charge in [0, 0.05) is 25.0 Å². The van der Waals surface area contributed by atoms with Gasteiger partial charge < -0.3 is 15.4 Å². The molecule has 2 aromatic heterocycles. The molecule has 28 heavy (non-hydrogen) atoms. The molecular weight excluding hydrogens is 354 g/mol. The first-order valence-electron chi connectivity index (χ1n) is 9.40. The minimum Gasteiger partial charge on any atom is -0.373 e. The fourth-order valence-corrected chi connectivity index (χ4v) is 3.43. The Morgan fingerprint density at radius 3 is 2.82 bits per heavy atom. The van der Waals surface area contributed by atoms with E-state index in [1.165, 1.54) is 0 Å². The van der Waals surface area contributed by atoms with E-state index in [0.717, 1.165) is 29.8 Å². The molecule has 4 rings (SSSR count). The van der Waals surface area contributed by atoms with Gasteiger partial charge in [-0.3, -0.25) is 4.98 Å². The van der Waals surface area contributed by atoms with Gasteiger partial charge in [-0.15, -0.1) is 0 Å². The number of carbonyl (C=O) groups excluding carboxylic acids is 1. The highest BCUT2D eigenvalue weighted by Gasteiger charge is 2.25. The standard InChI is InChI=1S/C21H23N5O2/c1-15-19(14-23-26(15)18-7-3-2-4-8-18)25-21(27)24-17-9-11-28-20(12-17)16-6-5-10-22-13-16/h2-8,10,13-14,17,20H,9,11-12H2,1H3,(H2,24,25,27). The zero-order valence-electron chi connectivity index (χ0n) is 15.7. The maximum absolute atomic E-state index is 12.5. The van der Waals surface area contributed by atoms with Crippen LogP contribution in [0.5, 0.6) is 0 Å². The summed E-state index contributed by atoms with van der Waals surface area (Å²) in [6, 6.07) is 13.5. The Bertz CT molecular complexity index is 926. The summed E-state index contributed by atoms with van der Waals surface area (Å²) in [6.07, 6.45) is 6.69. The Hall–Kier alpha value is -3.19. The molecule has 2 amide bonds. The summed E-state index contributed by atoms with van der Waals surface area (Å²) >= 11 is 0. The van der Waals surface area contributed by atoms with Gasteiger partial charge >= 0.3 is 6.03 Å². The average Bonchev–Trinajstić information content (AvgIpc) is 3.09. The summed E-state index contributed by atoms with van der Waals surface area (Å²) in [4.78, 5) is 16.7. The van der Waals surface area contributed by atoms with E-state index in [-0.39, 0.29) is 18.2 Å². The Labute approximate surface area is 163 Å². The molecule has 144 valence electrons. The third kappa shape index (κ3) is 4.04. The second-order valence-electron chi connectivity index (χ2n) is 6.86. The molecule has 0 aliphatic carbocycles. The van der Waals surface area contributed by atoms with Gasteiger partial charge in [-0.25, -0.2) is 9.48 Å². The first-order chi connectivity index (χ1) is 13.7. The normalized spacial score (nSPS) is 19.2. The second-order valence-corrected chi connectivity index (χ2v) is 6.86. The van der Waals surface area contributed by atoms with Gasteiger partial charge in [-0.1, -0.05) is 24.3 Å². The minimum atomic E-state index is -0.229. The van der Waals surface area contributed by atoms with E-state index >= 15 is 0 Å². The van der Waals surface area contributed by atoms with E-state index in [1.54, 1.807) is 12.4 Å². The number of pyridine rings is 1. The van der Waals surface area contributed by atoms with Crippen LogP contribution in [-0.2, 0) is 4.74 Å². The van der Waals surface area contributed by atoms with Crippen molar-refractivity contribution in [2.45, 2.75) is 31.9 Å². The zero-order valence-corrected chi connectivity index (χ0v) is 15.7. The lowest BCUT2D eigenvalue weighted by Gasteiger charge is -2.30. The number of para-hydroxylation sites is 1. The van der Waals surface area contributed by atoms with Crippen molar-refractivity contribution in [2.75, 3.05) is 11.9 Å². The maximum atomic E-state index is 12.5. The van der Waals surface area contributed by atoms with Crippen molar-refractivity contribution in [3.8, 4) is 5.69 Å². The molecule has 7 heteroatoms. The maximum Gasteiger partial charge on any atom is 0.319 e. The predicted molar refractivity (Wildman–Crippen MR) is 106 cm³/mol. The third-order valence-corrected chi connectivity index (χ3v) is 4.93. The van der Waals surface area contributed by atoms with E-state index in [2.05, 4.69) is 20.7 Å². The molecule has 1 aliphatic heterocycles. The van der Waals surface area contributed by atoms with Crippen LogP contribution in [0.2, 0.25) is 0 Å². The van der Waals surface area contributed by atoms with Crippen molar-refractivity contribution in [2.24, 2.45) is 0 Å². The highest BCUT2D eigenvalue weighted by Crippen LogP contribution is 2.27. The van der Waals surface area contributed by atoms with Gasteiger partial charge in [0.25, 0.3) is 0 Å². The lowest BCUT2D eigenvalue weighted by Crippen LogP contribution is -2.42. The SMILES string of the molecule is Cc1c(NC(=O)NC2CCOC(c3cccnc3)C2)cnn1-c1ccccc1. The van der Waals surface area contributed by atoms with Crippen LogP contribution in [0.15, 0.2) is 61.1 Å². The molecule has 1 saturated heterocycles. The number of urea groups is 1. The van der Waals surface area contributed by atoms with E-state index < -0.39 is 0 Å². The number of anilines is 1. The van der Waals surface area contributed by atoms with Crippen LogP contribution in [0.25, 0.3) is 5.69 Å². The number of nitrogens with zero attached hydrogens (tertiary/aromatic N) is 3. The van der Waals surface area contributed by atoms with Crippen molar-refractivity contribution in [1.82, 2.24) is 20.1 Å². The molecule has 1 aliphatic rings. The zero-order chi connectivity index (χ0) is 19.3. The van der Waals surface area contributed by atoms with Crippen molar-refractivity contribution in [1.29, 1.82) is 0 Å². The molecule has 1 fully saturated rings. The summed E-state index contributed by atoms with van der Waals surface area (Å²) in [5, 5.41) is 10.4. The smallest absolute Gasteiger partial charge is 0.319 e. The molecule has 3 heterocycles. The largest absolute Gasteiger partial charge is 0.373 e. The highest BCUT2D eigenvalue weighted by atomic mass is 16.5. The molecule has 2 N–H and O–H groups in total. The minimum absolute atomic E-state index is 0.0448. The number of nitrogens with one attached hydrogen (secondary N) is 2. The molecule has 0 radical (unpaired) electrons. The molecule has 2 atom stereocenters. The average molecular weight is 377 g/mol. The van der Waals surface area contributed by atoms with Crippen LogP contribution in [0.4, 0.5) is 10.5 Å². The lowest BCUT2D eigenvalue weighted by atomic mass is 9.99. The third-order valence-electron chi connectivity index (χ3n) is 4.93. The number of hydrogen-bond acceptors (Lipinski definition) is 4. The lowest BCUT2D eigenvalue weighted by molar-refractivity contribution is 0.00235. The molecule has 0 saturated carbocycles. The fraction of sp³-hybridized carbons (Fsp3) is 0.286. The topological polar surface area (TPSA) is 81.1 Å². The summed E-state index contributed by atoms with van der Waals surface area (Å²) in [5.41, 5.74) is 3.56. The van der Waals surface area contributed by atoms with Gasteiger partial charge in [0.2, 0.25) is 0 Å². The fourth-order valence-electron chi connectivity index (χ4n) is 3.43. The number of amides is 2. The van der Waals surface area contributed by atoms with E-state index in [4.69, 9.17) is 4.74 Å². The van der Waals surface area contributed by atoms with E-state index in [9.17, 15) is 4.79 Å². The van der Waals surface area contributed by atoms with Crippen LogP contribution in [0, 0.1) is 6.92 Å². The number of rotatable bonds is 4. The van der Waals surface area contributed by atoms with Crippen molar-refractivity contribution in [3.05, 3.63) is 72.3 Å². The van der Waals surface area contributed by atoms with Gasteiger partial charge in [-0.05, 0) is 43.5 Å². The molecule has 3 aromatic rings. The molecule has 0 bridgehead atoms. The van der Waals surface area contributed by atoms with Crippen molar-refractivity contribution >= 4 is 11.7 Å². The molecule has 0 spiro atoms. The Morgan fingerprint density at radius 2 is 2.04 bits per heavy atom. The summed E-state index contributed by atoms with van der Waals surface area (Å²) in [6.45, 7) is 2.54. The van der Waals surface area contributed by atoms with Crippen molar-refractivity contribution in [3.63, 3.8) is 0 Å². The van der Waals surface area contributed by atoms with Gasteiger partial charge in [-0.2, -0.15) is 5.10 Å². The quantitative estimate of drug-likeness (QED) is 0.728. The summed E-state index contributed by atoms with van der Waals surface area (Å²) in [5.74, 6) is 0. The van der Waals surface area contributed by atoms with Crippen LogP contribution in [0.1, 0.15) is 30.2 Å². The number of aromatic nitrogens is 3. The van der Waals surface area contributed by atoms with E-state index in [1.807, 2.05) is 60.3 Å². The molecular formula is C21H23N5O2. The first kappa shape index (κ1) is 18.2. The Balaban J connectivity index is 1.38. The number of hydrogen-bond donors (Lipinski definition) is 2. The van der Waals surface area contributed by atoms with Gasteiger partial charge in [0.05, 0.1) is 29.4 Å². The van der Waals surface area contributed by atoms with Crippen molar-refractivity contribution < 1.29 is 9.53 Å². The van der Waals surface area contributed by atoms with Crippen LogP contribution in [-0.4, -0.2) is 33.4 Å². The molecule has 7 nitrogen and oxygen atoms in total. The monoisotopic (exact) mass is 377 g/mol. The summed E-state index contributed by atoms with van der Waals surface area (Å²) < 4.78 is 7.65. The molecule has 1 aromatic carbocycles. The number of ether oxygens (including phenoxy) is 1.